The van der Waals surface area contributed by atoms with E-state index in [1.54, 1.807) is 0 Å². The first-order chi connectivity index (χ1) is 15.6. The highest BCUT2D eigenvalue weighted by Gasteiger charge is 2.22. The van der Waals surface area contributed by atoms with Crippen molar-refractivity contribution in [3.8, 4) is 5.88 Å². The third kappa shape index (κ3) is 6.10. The van der Waals surface area contributed by atoms with Crippen molar-refractivity contribution in [1.29, 1.82) is 0 Å². The summed E-state index contributed by atoms with van der Waals surface area (Å²) < 4.78 is 6.22. The van der Waals surface area contributed by atoms with Crippen LogP contribution in [0.25, 0.3) is 0 Å². The van der Waals surface area contributed by atoms with Crippen LogP contribution in [0.5, 0.6) is 5.88 Å². The average molecular weight is 458 g/mol. The molecule has 32 heavy (non-hydrogen) atoms. The second kappa shape index (κ2) is 11.0. The molecule has 1 aromatic carbocycles. The Morgan fingerprint density at radius 3 is 2.94 bits per heavy atom. The zero-order valence-corrected chi connectivity index (χ0v) is 19.2. The lowest BCUT2D eigenvalue weighted by Gasteiger charge is -2.34. The fraction of sp³-hybridized carbons (Fsp3) is 0.500. The average Bonchev–Trinajstić information content (AvgIpc) is 3.32. The number of nitrogens with one attached hydrogen (secondary N) is 2. The van der Waals surface area contributed by atoms with Gasteiger partial charge in [0, 0.05) is 42.8 Å². The molecule has 0 bridgehead atoms. The van der Waals surface area contributed by atoms with Gasteiger partial charge in [-0.2, -0.15) is 4.98 Å². The van der Waals surface area contributed by atoms with Crippen molar-refractivity contribution in [3.63, 3.8) is 0 Å². The van der Waals surface area contributed by atoms with E-state index in [1.165, 1.54) is 18.2 Å². The van der Waals surface area contributed by atoms with Crippen LogP contribution in [0.2, 0.25) is 0 Å². The maximum Gasteiger partial charge on any atom is 0.241 e. The minimum atomic E-state index is -0.226. The van der Waals surface area contributed by atoms with Crippen LogP contribution in [0.4, 0.5) is 11.4 Å². The second-order valence-electron chi connectivity index (χ2n) is 8.12. The van der Waals surface area contributed by atoms with Gasteiger partial charge in [-0.1, -0.05) is 6.07 Å². The smallest absolute Gasteiger partial charge is 0.241 e. The third-order valence-corrected chi connectivity index (χ3v) is 6.52. The van der Waals surface area contributed by atoms with Gasteiger partial charge in [-0.05, 0) is 56.4 Å². The van der Waals surface area contributed by atoms with E-state index >= 15 is 0 Å². The first-order valence-corrected chi connectivity index (χ1v) is 11.9. The number of carbonyl (C=O) groups is 1. The summed E-state index contributed by atoms with van der Waals surface area (Å²) in [7, 11) is 2.14. The number of nitrogens with zero attached hydrogens (tertiary/aromatic N) is 4. The van der Waals surface area contributed by atoms with Crippen LogP contribution in [0.3, 0.4) is 0 Å². The third-order valence-electron chi connectivity index (χ3n) is 5.65. The molecule has 2 aliphatic heterocycles. The SMILES string of the molecule is CN1CCN(c2cnc(Sc3cccc(NC(=O)CN)c3)nc2OCC2CCCN2)CC1. The van der Waals surface area contributed by atoms with Gasteiger partial charge >= 0.3 is 0 Å². The Morgan fingerprint density at radius 2 is 2.19 bits per heavy atom. The lowest BCUT2D eigenvalue weighted by atomic mass is 10.2. The van der Waals surface area contributed by atoms with Gasteiger partial charge in [-0.3, -0.25) is 4.79 Å². The maximum absolute atomic E-state index is 11.6. The lowest BCUT2D eigenvalue weighted by molar-refractivity contribution is -0.114. The summed E-state index contributed by atoms with van der Waals surface area (Å²) in [4.78, 5) is 26.5. The molecule has 172 valence electrons. The number of aromatic nitrogens is 2. The summed E-state index contributed by atoms with van der Waals surface area (Å²) in [6, 6.07) is 7.93. The quantitative estimate of drug-likeness (QED) is 0.507. The summed E-state index contributed by atoms with van der Waals surface area (Å²) in [5.74, 6) is 0.407. The molecular formula is C22H31N7O2S. The minimum Gasteiger partial charge on any atom is -0.474 e. The maximum atomic E-state index is 11.6. The molecule has 4 rings (SSSR count). The number of amides is 1. The zero-order valence-electron chi connectivity index (χ0n) is 18.4. The number of benzene rings is 1. The van der Waals surface area contributed by atoms with Crippen LogP contribution in [0.1, 0.15) is 12.8 Å². The van der Waals surface area contributed by atoms with Crippen molar-refractivity contribution in [3.05, 3.63) is 30.5 Å². The lowest BCUT2D eigenvalue weighted by Crippen LogP contribution is -2.44. The summed E-state index contributed by atoms with van der Waals surface area (Å²) in [5, 5.41) is 6.86. The molecule has 2 saturated heterocycles. The van der Waals surface area contributed by atoms with Crippen molar-refractivity contribution < 1.29 is 9.53 Å². The fourth-order valence-corrected chi connectivity index (χ4v) is 4.57. The molecule has 1 atom stereocenters. The molecule has 1 aromatic heterocycles. The fourth-order valence-electron chi connectivity index (χ4n) is 3.80. The van der Waals surface area contributed by atoms with E-state index in [1.807, 2.05) is 30.5 Å². The molecule has 10 heteroatoms. The predicted octanol–water partition coefficient (Wildman–Crippen LogP) is 1.41. The Bertz CT molecular complexity index is 915. The summed E-state index contributed by atoms with van der Waals surface area (Å²) in [5.41, 5.74) is 7.04. The van der Waals surface area contributed by atoms with Gasteiger partial charge in [0.2, 0.25) is 11.8 Å². The van der Waals surface area contributed by atoms with Crippen LogP contribution in [-0.4, -0.2) is 79.7 Å². The Kier molecular flexibility index (Phi) is 7.80. The molecule has 0 radical (unpaired) electrons. The second-order valence-corrected chi connectivity index (χ2v) is 9.16. The Hall–Kier alpha value is -2.40. The van der Waals surface area contributed by atoms with Gasteiger partial charge in [0.05, 0.1) is 12.7 Å². The standard InChI is InChI=1S/C22H31N7O2S/c1-28-8-10-29(11-9-28)19-14-25-22(27-21(19)31-15-17-5-3-7-24-17)32-18-6-2-4-16(12-18)26-20(30)13-23/h2,4,6,12,14,17,24H,3,5,7-11,13,15,23H2,1H3,(H,26,30). The minimum absolute atomic E-state index is 0.0508. The van der Waals surface area contributed by atoms with Crippen LogP contribution in [-0.2, 0) is 4.79 Å². The van der Waals surface area contributed by atoms with Gasteiger partial charge in [-0.25, -0.2) is 4.98 Å². The first kappa shape index (κ1) is 22.8. The summed E-state index contributed by atoms with van der Waals surface area (Å²) >= 11 is 1.44. The van der Waals surface area contributed by atoms with E-state index in [4.69, 9.17) is 15.5 Å². The van der Waals surface area contributed by atoms with Crippen molar-refractivity contribution in [2.45, 2.75) is 28.9 Å². The number of carbonyl (C=O) groups excluding carboxylic acids is 1. The highest BCUT2D eigenvalue weighted by atomic mass is 32.2. The molecule has 0 aliphatic carbocycles. The van der Waals surface area contributed by atoms with Crippen molar-refractivity contribution in [1.82, 2.24) is 20.2 Å². The molecule has 2 fully saturated rings. The topological polar surface area (TPSA) is 109 Å². The molecule has 1 unspecified atom stereocenters. The Morgan fingerprint density at radius 1 is 1.34 bits per heavy atom. The van der Waals surface area contributed by atoms with E-state index in [2.05, 4.69) is 32.5 Å². The highest BCUT2D eigenvalue weighted by Crippen LogP contribution is 2.32. The number of piperazine rings is 1. The van der Waals surface area contributed by atoms with Gasteiger partial charge in [-0.15, -0.1) is 0 Å². The molecule has 1 amide bonds. The van der Waals surface area contributed by atoms with Gasteiger partial charge in [0.15, 0.2) is 5.16 Å². The van der Waals surface area contributed by atoms with Crippen LogP contribution in [0, 0.1) is 0 Å². The molecular weight excluding hydrogens is 426 g/mol. The van der Waals surface area contributed by atoms with E-state index in [0.29, 0.717) is 29.4 Å². The largest absolute Gasteiger partial charge is 0.474 e. The first-order valence-electron chi connectivity index (χ1n) is 11.1. The number of rotatable bonds is 8. The predicted molar refractivity (Wildman–Crippen MR) is 127 cm³/mol. The van der Waals surface area contributed by atoms with E-state index in [0.717, 1.165) is 49.7 Å². The monoisotopic (exact) mass is 457 g/mol. The molecule has 0 saturated carbocycles. The number of hydrogen-bond donors (Lipinski definition) is 3. The Labute approximate surface area is 193 Å². The molecule has 2 aliphatic rings. The Balaban J connectivity index is 1.51. The molecule has 2 aromatic rings. The normalized spacial score (nSPS) is 19.2. The van der Waals surface area contributed by atoms with E-state index in [-0.39, 0.29) is 12.5 Å². The van der Waals surface area contributed by atoms with Gasteiger partial charge in [0.1, 0.15) is 12.3 Å². The van der Waals surface area contributed by atoms with Gasteiger partial charge < -0.3 is 30.9 Å². The number of likely N-dealkylation sites (N-methyl/N-ethyl adjacent to an activating group) is 1. The highest BCUT2D eigenvalue weighted by molar-refractivity contribution is 7.99. The van der Waals surface area contributed by atoms with Crippen LogP contribution < -0.4 is 26.0 Å². The number of hydrogen-bond acceptors (Lipinski definition) is 9. The van der Waals surface area contributed by atoms with E-state index < -0.39 is 0 Å². The zero-order chi connectivity index (χ0) is 22.3. The molecule has 0 spiro atoms. The molecule has 4 N–H and O–H groups in total. The number of nitrogens with two attached hydrogens (primary N) is 1. The summed E-state index contributed by atoms with van der Waals surface area (Å²) in [6.45, 7) is 5.44. The number of ether oxygens (including phenoxy) is 1. The van der Waals surface area contributed by atoms with Crippen molar-refractivity contribution in [2.24, 2.45) is 5.73 Å². The van der Waals surface area contributed by atoms with Crippen molar-refractivity contribution in [2.75, 3.05) is 63.1 Å². The van der Waals surface area contributed by atoms with Crippen molar-refractivity contribution >= 4 is 29.0 Å². The van der Waals surface area contributed by atoms with Crippen LogP contribution in [0.15, 0.2) is 40.5 Å². The molecule has 9 nitrogen and oxygen atoms in total. The van der Waals surface area contributed by atoms with E-state index in [9.17, 15) is 4.79 Å². The summed E-state index contributed by atoms with van der Waals surface area (Å²) in [6.07, 6.45) is 4.18. The van der Waals surface area contributed by atoms with Gasteiger partial charge in [0.25, 0.3) is 0 Å². The van der Waals surface area contributed by atoms with Crippen LogP contribution >= 0.6 is 11.8 Å². The number of anilines is 2. The molecule has 3 heterocycles.